The van der Waals surface area contributed by atoms with Gasteiger partial charge >= 0.3 is 0 Å². The predicted octanol–water partition coefficient (Wildman–Crippen LogP) is 4.93. The molecule has 0 aliphatic heterocycles. The molecule has 35 heavy (non-hydrogen) atoms. The maximum atomic E-state index is 13.6. The number of nitrogens with one attached hydrogen (secondary N) is 1. The third-order valence-corrected chi connectivity index (χ3v) is 9.27. The van der Waals surface area contributed by atoms with Crippen molar-refractivity contribution in [2.24, 2.45) is 0 Å². The summed E-state index contributed by atoms with van der Waals surface area (Å²) in [6.45, 7) is 1.94. The molecule has 1 N–H and O–H groups in total. The molecule has 3 aromatic carbocycles. The molecule has 0 spiro atoms. The van der Waals surface area contributed by atoms with E-state index >= 15 is 0 Å². The standard InChI is InChI=1S/C26H24N2O5S2/c1-19(28-26-10-6-7-17-27-26)20-11-14-23(15-12-20)34(29,30)24-16-13-21(33-2)18-25(24)35(31,32)22-8-4-3-5-9-22/h3-19H,1-2H3,(H,27,28)/t19-/m0/s1. The molecule has 0 amide bonds. The Morgan fingerprint density at radius 1 is 0.743 bits per heavy atom. The van der Waals surface area contributed by atoms with Crippen molar-refractivity contribution in [2.75, 3.05) is 12.4 Å². The summed E-state index contributed by atoms with van der Waals surface area (Å²) in [6, 6.07) is 23.4. The zero-order chi connectivity index (χ0) is 25.1. The van der Waals surface area contributed by atoms with Crippen molar-refractivity contribution in [3.63, 3.8) is 0 Å². The Morgan fingerprint density at radius 2 is 1.37 bits per heavy atom. The van der Waals surface area contributed by atoms with Crippen LogP contribution in [0.4, 0.5) is 5.82 Å². The zero-order valence-corrected chi connectivity index (χ0v) is 20.8. The van der Waals surface area contributed by atoms with Crippen LogP contribution < -0.4 is 10.1 Å². The van der Waals surface area contributed by atoms with E-state index in [0.717, 1.165) is 5.56 Å². The second kappa shape index (κ2) is 9.89. The average Bonchev–Trinajstić information content (AvgIpc) is 2.89. The molecule has 0 saturated heterocycles. The number of ether oxygens (including phenoxy) is 1. The minimum atomic E-state index is -4.15. The highest BCUT2D eigenvalue weighted by molar-refractivity contribution is 7.94. The van der Waals surface area contributed by atoms with E-state index in [4.69, 9.17) is 4.74 Å². The van der Waals surface area contributed by atoms with Gasteiger partial charge in [0, 0.05) is 18.3 Å². The molecule has 1 aromatic heterocycles. The Labute approximate surface area is 205 Å². The summed E-state index contributed by atoms with van der Waals surface area (Å²) < 4.78 is 59.1. The number of benzene rings is 3. The van der Waals surface area contributed by atoms with Crippen molar-refractivity contribution in [1.29, 1.82) is 0 Å². The van der Waals surface area contributed by atoms with Crippen LogP contribution in [-0.2, 0) is 19.7 Å². The van der Waals surface area contributed by atoms with Gasteiger partial charge in [0.2, 0.25) is 19.7 Å². The molecule has 0 aliphatic carbocycles. The topological polar surface area (TPSA) is 102 Å². The lowest BCUT2D eigenvalue weighted by molar-refractivity contribution is 0.412. The number of aromatic nitrogens is 1. The Kier molecular flexibility index (Phi) is 6.90. The van der Waals surface area contributed by atoms with E-state index < -0.39 is 19.7 Å². The Bertz CT molecular complexity index is 1520. The van der Waals surface area contributed by atoms with Crippen LogP contribution in [0.1, 0.15) is 18.5 Å². The summed E-state index contributed by atoms with van der Waals surface area (Å²) in [7, 11) is -6.89. The SMILES string of the molecule is COc1ccc(S(=O)(=O)c2ccc([C@H](C)Nc3ccccn3)cc2)c(S(=O)(=O)c2ccccc2)c1. The summed E-state index contributed by atoms with van der Waals surface area (Å²) in [5.74, 6) is 0.939. The number of rotatable bonds is 8. The number of pyridine rings is 1. The molecule has 0 saturated carbocycles. The zero-order valence-electron chi connectivity index (χ0n) is 19.1. The normalized spacial score (nSPS) is 12.6. The van der Waals surface area contributed by atoms with Crippen LogP contribution in [0, 0.1) is 0 Å². The molecule has 0 fully saturated rings. The van der Waals surface area contributed by atoms with Crippen LogP contribution >= 0.6 is 0 Å². The maximum absolute atomic E-state index is 13.6. The van der Waals surface area contributed by atoms with Crippen LogP contribution in [0.25, 0.3) is 0 Å². The molecule has 9 heteroatoms. The summed E-state index contributed by atoms with van der Waals surface area (Å²) in [4.78, 5) is 3.57. The highest BCUT2D eigenvalue weighted by atomic mass is 32.2. The highest BCUT2D eigenvalue weighted by Gasteiger charge is 2.30. The van der Waals surface area contributed by atoms with Gasteiger partial charge in [-0.1, -0.05) is 36.4 Å². The van der Waals surface area contributed by atoms with Crippen LogP contribution in [0.3, 0.4) is 0 Å². The average molecular weight is 509 g/mol. The summed E-state index contributed by atoms with van der Waals surface area (Å²) in [5, 5.41) is 3.25. The number of methoxy groups -OCH3 is 1. The van der Waals surface area contributed by atoms with Gasteiger partial charge in [-0.2, -0.15) is 0 Å². The van der Waals surface area contributed by atoms with E-state index in [0.29, 0.717) is 5.82 Å². The van der Waals surface area contributed by atoms with Gasteiger partial charge in [-0.25, -0.2) is 21.8 Å². The second-order valence-corrected chi connectivity index (χ2v) is 11.6. The molecule has 0 radical (unpaired) electrons. The smallest absolute Gasteiger partial charge is 0.208 e. The lowest BCUT2D eigenvalue weighted by atomic mass is 10.1. The largest absolute Gasteiger partial charge is 0.497 e. The van der Waals surface area contributed by atoms with Crippen LogP contribution in [-0.4, -0.2) is 28.9 Å². The summed E-state index contributed by atoms with van der Waals surface area (Å²) >= 11 is 0. The van der Waals surface area contributed by atoms with Gasteiger partial charge in [0.05, 0.1) is 26.7 Å². The lowest BCUT2D eigenvalue weighted by Crippen LogP contribution is -2.12. The second-order valence-electron chi connectivity index (χ2n) is 7.78. The first-order chi connectivity index (χ1) is 16.7. The number of sulfone groups is 2. The van der Waals surface area contributed by atoms with Crippen molar-refractivity contribution < 1.29 is 21.6 Å². The molecule has 0 aliphatic rings. The molecule has 0 unspecified atom stereocenters. The fourth-order valence-electron chi connectivity index (χ4n) is 3.59. The molecule has 4 rings (SSSR count). The van der Waals surface area contributed by atoms with E-state index in [-0.39, 0.29) is 31.4 Å². The van der Waals surface area contributed by atoms with Gasteiger partial charge in [0.25, 0.3) is 0 Å². The van der Waals surface area contributed by atoms with Crippen LogP contribution in [0.5, 0.6) is 5.75 Å². The lowest BCUT2D eigenvalue weighted by Gasteiger charge is -2.16. The van der Waals surface area contributed by atoms with E-state index in [9.17, 15) is 16.8 Å². The van der Waals surface area contributed by atoms with Crippen LogP contribution in [0.15, 0.2) is 117 Å². The van der Waals surface area contributed by atoms with E-state index in [1.807, 2.05) is 25.1 Å². The third-order valence-electron chi connectivity index (χ3n) is 5.50. The van der Waals surface area contributed by atoms with Crippen molar-refractivity contribution in [3.05, 3.63) is 103 Å². The van der Waals surface area contributed by atoms with E-state index in [1.165, 1.54) is 49.6 Å². The molecule has 7 nitrogen and oxygen atoms in total. The quantitative estimate of drug-likeness (QED) is 0.360. The van der Waals surface area contributed by atoms with Crippen molar-refractivity contribution >= 4 is 25.5 Å². The molecule has 1 atom stereocenters. The molecule has 0 bridgehead atoms. The van der Waals surface area contributed by atoms with Gasteiger partial charge in [0.1, 0.15) is 11.6 Å². The first-order valence-electron chi connectivity index (χ1n) is 10.7. The number of hydrogen-bond acceptors (Lipinski definition) is 7. The van der Waals surface area contributed by atoms with Gasteiger partial charge in [-0.15, -0.1) is 0 Å². The number of nitrogens with zero attached hydrogens (tertiary/aromatic N) is 1. The van der Waals surface area contributed by atoms with Gasteiger partial charge in [-0.3, -0.25) is 0 Å². The summed E-state index contributed by atoms with van der Waals surface area (Å²) in [6.07, 6.45) is 1.68. The van der Waals surface area contributed by atoms with E-state index in [1.54, 1.807) is 36.5 Å². The Hall–Kier alpha value is -3.69. The number of hydrogen-bond donors (Lipinski definition) is 1. The maximum Gasteiger partial charge on any atom is 0.208 e. The Balaban J connectivity index is 1.72. The Morgan fingerprint density at radius 3 is 2.00 bits per heavy atom. The van der Waals surface area contributed by atoms with Gasteiger partial charge < -0.3 is 10.1 Å². The minimum absolute atomic E-state index is 0.00512. The fraction of sp³-hybridized carbons (Fsp3) is 0.115. The van der Waals surface area contributed by atoms with Gasteiger partial charge in [-0.05, 0) is 61.0 Å². The third kappa shape index (κ3) is 5.06. The minimum Gasteiger partial charge on any atom is -0.497 e. The summed E-state index contributed by atoms with van der Waals surface area (Å²) in [5.41, 5.74) is 0.849. The van der Waals surface area contributed by atoms with Crippen molar-refractivity contribution in [2.45, 2.75) is 32.5 Å². The van der Waals surface area contributed by atoms with Crippen LogP contribution in [0.2, 0.25) is 0 Å². The fourth-order valence-corrected chi connectivity index (χ4v) is 6.94. The van der Waals surface area contributed by atoms with Crippen molar-refractivity contribution in [3.8, 4) is 5.75 Å². The van der Waals surface area contributed by atoms with E-state index in [2.05, 4.69) is 10.3 Å². The highest BCUT2D eigenvalue weighted by Crippen LogP contribution is 2.34. The molecule has 4 aromatic rings. The molecular formula is C26H24N2O5S2. The first kappa shape index (κ1) is 24.4. The first-order valence-corrected chi connectivity index (χ1v) is 13.7. The molecular weight excluding hydrogens is 484 g/mol. The number of anilines is 1. The molecule has 1 heterocycles. The van der Waals surface area contributed by atoms with Gasteiger partial charge in [0.15, 0.2) is 0 Å². The molecule has 180 valence electrons. The predicted molar refractivity (Wildman–Crippen MR) is 133 cm³/mol. The monoisotopic (exact) mass is 508 g/mol. The van der Waals surface area contributed by atoms with Crippen molar-refractivity contribution in [1.82, 2.24) is 4.98 Å².